The van der Waals surface area contributed by atoms with Crippen LogP contribution in [0.3, 0.4) is 0 Å². The van der Waals surface area contributed by atoms with E-state index in [0.717, 1.165) is 19.5 Å². The van der Waals surface area contributed by atoms with E-state index in [1.165, 1.54) is 23.9 Å². The van der Waals surface area contributed by atoms with Crippen LogP contribution in [0.1, 0.15) is 6.92 Å². The maximum absolute atomic E-state index is 12.8. The third-order valence-electron chi connectivity index (χ3n) is 2.68. The Morgan fingerprint density at radius 2 is 1.86 bits per heavy atom. The summed E-state index contributed by atoms with van der Waals surface area (Å²) in [6.45, 7) is 1.82. The number of hydrogen-bond acceptors (Lipinski definition) is 2. The lowest BCUT2D eigenvalue weighted by Gasteiger charge is -2.13. The second-order valence-electron chi connectivity index (χ2n) is 4.33. The summed E-state index contributed by atoms with van der Waals surface area (Å²) < 4.78 is 14.6. The first-order valence-corrected chi connectivity index (χ1v) is 8.60. The molecule has 2 aromatic carbocycles. The molecule has 1 N–H and O–H groups in total. The van der Waals surface area contributed by atoms with E-state index in [-0.39, 0.29) is 17.0 Å². The minimum atomic E-state index is -0.286. The van der Waals surface area contributed by atoms with Gasteiger partial charge in [0, 0.05) is 13.8 Å². The summed E-state index contributed by atoms with van der Waals surface area (Å²) >= 11 is 8.16. The third-order valence-corrected chi connectivity index (χ3v) is 4.95. The number of nitrogens with one attached hydrogen (secondary N) is 1. The van der Waals surface area contributed by atoms with E-state index in [1.807, 2.05) is 25.1 Å². The van der Waals surface area contributed by atoms with Gasteiger partial charge in [0.2, 0.25) is 5.91 Å². The molecule has 0 saturated heterocycles. The van der Waals surface area contributed by atoms with Crippen LogP contribution >= 0.6 is 43.6 Å². The molecule has 0 bridgehead atoms. The van der Waals surface area contributed by atoms with Gasteiger partial charge < -0.3 is 5.32 Å². The summed E-state index contributed by atoms with van der Waals surface area (Å²) in [5.74, 6) is -0.386. The number of halogens is 3. The monoisotopic (exact) mass is 431 g/mol. The van der Waals surface area contributed by atoms with Gasteiger partial charge in [0.25, 0.3) is 0 Å². The lowest BCUT2D eigenvalue weighted by Crippen LogP contribution is -2.22. The number of rotatable bonds is 4. The molecule has 0 aromatic heterocycles. The third kappa shape index (κ3) is 4.83. The normalized spacial score (nSPS) is 12.0. The van der Waals surface area contributed by atoms with Gasteiger partial charge >= 0.3 is 0 Å². The Bertz CT molecular complexity index is 649. The van der Waals surface area contributed by atoms with Crippen LogP contribution in [0, 0.1) is 5.82 Å². The van der Waals surface area contributed by atoms with Crippen LogP contribution in [0.2, 0.25) is 0 Å². The molecular weight excluding hydrogens is 421 g/mol. The molecule has 2 nitrogen and oxygen atoms in total. The zero-order chi connectivity index (χ0) is 15.4. The molecule has 0 fully saturated rings. The number of carbonyl (C=O) groups excluding carboxylic acids is 1. The molecule has 0 aliphatic rings. The minimum absolute atomic E-state index is 0.104. The lowest BCUT2D eigenvalue weighted by molar-refractivity contribution is -0.115. The first kappa shape index (κ1) is 16.5. The van der Waals surface area contributed by atoms with Crippen molar-refractivity contribution in [2.24, 2.45) is 0 Å². The van der Waals surface area contributed by atoms with Crippen LogP contribution in [0.5, 0.6) is 0 Å². The molecule has 0 spiro atoms. The molecule has 2 aromatic rings. The van der Waals surface area contributed by atoms with E-state index in [9.17, 15) is 9.18 Å². The highest BCUT2D eigenvalue weighted by Gasteiger charge is 2.15. The molecule has 1 unspecified atom stereocenters. The largest absolute Gasteiger partial charge is 0.324 e. The van der Waals surface area contributed by atoms with Crippen molar-refractivity contribution in [3.05, 3.63) is 57.2 Å². The van der Waals surface area contributed by atoms with Crippen molar-refractivity contribution in [1.82, 2.24) is 0 Å². The maximum atomic E-state index is 12.8. The number of carbonyl (C=O) groups is 1. The van der Waals surface area contributed by atoms with Crippen molar-refractivity contribution in [1.29, 1.82) is 0 Å². The van der Waals surface area contributed by atoms with E-state index in [0.29, 0.717) is 0 Å². The van der Waals surface area contributed by atoms with E-state index in [2.05, 4.69) is 37.2 Å². The van der Waals surface area contributed by atoms with Crippen LogP contribution in [-0.2, 0) is 4.79 Å². The van der Waals surface area contributed by atoms with Crippen LogP contribution < -0.4 is 5.32 Å². The Morgan fingerprint density at radius 1 is 1.19 bits per heavy atom. The maximum Gasteiger partial charge on any atom is 0.237 e. The SMILES string of the molecule is CC(Sc1ccc(F)cc1)C(=O)Nc1ccc(Br)cc1Br. The molecule has 0 saturated carbocycles. The zero-order valence-electron chi connectivity index (χ0n) is 11.1. The summed E-state index contributed by atoms with van der Waals surface area (Å²) in [6.07, 6.45) is 0. The minimum Gasteiger partial charge on any atom is -0.324 e. The van der Waals surface area contributed by atoms with Crippen molar-refractivity contribution in [3.63, 3.8) is 0 Å². The van der Waals surface area contributed by atoms with Crippen LogP contribution in [0.4, 0.5) is 10.1 Å². The molecule has 6 heteroatoms. The van der Waals surface area contributed by atoms with Gasteiger partial charge in [-0.05, 0) is 65.3 Å². The fourth-order valence-corrected chi connectivity index (χ4v) is 3.61. The average Bonchev–Trinajstić information content (AvgIpc) is 2.44. The Hall–Kier alpha value is -0.850. The van der Waals surface area contributed by atoms with Gasteiger partial charge in [-0.15, -0.1) is 11.8 Å². The van der Waals surface area contributed by atoms with Crippen molar-refractivity contribution in [2.75, 3.05) is 5.32 Å². The fourth-order valence-electron chi connectivity index (χ4n) is 1.60. The summed E-state index contributed by atoms with van der Waals surface area (Å²) in [6, 6.07) is 11.7. The first-order valence-electron chi connectivity index (χ1n) is 6.14. The standard InChI is InChI=1S/C15H12Br2FNOS/c1-9(21-12-5-3-11(18)4-6-12)15(20)19-14-7-2-10(16)8-13(14)17/h2-9H,1H3,(H,19,20). The van der Waals surface area contributed by atoms with Crippen LogP contribution in [0.15, 0.2) is 56.3 Å². The number of amides is 1. The van der Waals surface area contributed by atoms with Gasteiger partial charge in [0.1, 0.15) is 5.82 Å². The lowest BCUT2D eigenvalue weighted by atomic mass is 10.3. The molecule has 1 amide bonds. The molecule has 1 atom stereocenters. The molecule has 0 radical (unpaired) electrons. The summed E-state index contributed by atoms with van der Waals surface area (Å²) in [7, 11) is 0. The summed E-state index contributed by atoms with van der Waals surface area (Å²) in [5, 5.41) is 2.58. The van der Waals surface area contributed by atoms with Gasteiger partial charge in [-0.1, -0.05) is 15.9 Å². The van der Waals surface area contributed by atoms with Crippen molar-refractivity contribution in [2.45, 2.75) is 17.1 Å². The van der Waals surface area contributed by atoms with Crippen molar-refractivity contribution >= 4 is 55.2 Å². The average molecular weight is 433 g/mol. The van der Waals surface area contributed by atoms with Gasteiger partial charge in [0.05, 0.1) is 10.9 Å². The van der Waals surface area contributed by atoms with Gasteiger partial charge in [-0.25, -0.2) is 4.39 Å². The van der Waals surface area contributed by atoms with Crippen molar-refractivity contribution < 1.29 is 9.18 Å². The Morgan fingerprint density at radius 3 is 2.48 bits per heavy atom. The van der Waals surface area contributed by atoms with Gasteiger partial charge in [0.15, 0.2) is 0 Å². The molecule has 21 heavy (non-hydrogen) atoms. The quantitative estimate of drug-likeness (QED) is 0.649. The van der Waals surface area contributed by atoms with E-state index < -0.39 is 0 Å². The second-order valence-corrected chi connectivity index (χ2v) is 7.51. The molecule has 0 aliphatic carbocycles. The number of benzene rings is 2. The Kier molecular flexibility index (Phi) is 5.84. The topological polar surface area (TPSA) is 29.1 Å². The summed E-state index contributed by atoms with van der Waals surface area (Å²) in [5.41, 5.74) is 0.717. The second kappa shape index (κ2) is 7.42. The van der Waals surface area contributed by atoms with Gasteiger partial charge in [-0.2, -0.15) is 0 Å². The van der Waals surface area contributed by atoms with E-state index in [4.69, 9.17) is 0 Å². The molecule has 110 valence electrons. The number of anilines is 1. The summed E-state index contributed by atoms with van der Waals surface area (Å²) in [4.78, 5) is 13.0. The van der Waals surface area contributed by atoms with Crippen LogP contribution in [-0.4, -0.2) is 11.2 Å². The molecule has 0 aliphatic heterocycles. The highest BCUT2D eigenvalue weighted by atomic mass is 79.9. The van der Waals surface area contributed by atoms with Crippen LogP contribution in [0.25, 0.3) is 0 Å². The highest BCUT2D eigenvalue weighted by Crippen LogP contribution is 2.28. The Balaban J connectivity index is 2.00. The predicted octanol–water partition coefficient (Wildman–Crippen LogP) is 5.47. The number of hydrogen-bond donors (Lipinski definition) is 1. The number of thioether (sulfide) groups is 1. The molecule has 2 rings (SSSR count). The smallest absolute Gasteiger partial charge is 0.237 e. The van der Waals surface area contributed by atoms with Crippen molar-refractivity contribution in [3.8, 4) is 0 Å². The molecular formula is C15H12Br2FNOS. The van der Waals surface area contributed by atoms with Gasteiger partial charge in [-0.3, -0.25) is 4.79 Å². The van der Waals surface area contributed by atoms with E-state index in [1.54, 1.807) is 12.1 Å². The Labute approximate surface area is 143 Å². The first-order chi connectivity index (χ1) is 9.95. The highest BCUT2D eigenvalue weighted by molar-refractivity contribution is 9.11. The van der Waals surface area contributed by atoms with E-state index >= 15 is 0 Å². The zero-order valence-corrected chi connectivity index (χ0v) is 15.1. The molecule has 0 heterocycles. The predicted molar refractivity (Wildman–Crippen MR) is 92.2 cm³/mol. The fraction of sp³-hybridized carbons (Fsp3) is 0.133.